The highest BCUT2D eigenvalue weighted by atomic mass is 15.5. The molecule has 0 aromatic carbocycles. The van der Waals surface area contributed by atoms with Crippen LogP contribution in [0.4, 0.5) is 5.95 Å². The van der Waals surface area contributed by atoms with Crippen molar-refractivity contribution in [3.05, 3.63) is 5.82 Å². The molecule has 2 rings (SSSR count). The number of hydrogen-bond donors (Lipinski definition) is 1. The predicted octanol–water partition coefficient (Wildman–Crippen LogP) is -0.0231. The van der Waals surface area contributed by atoms with E-state index in [1.807, 2.05) is 0 Å². The van der Waals surface area contributed by atoms with E-state index in [1.165, 1.54) is 0 Å². The Morgan fingerprint density at radius 1 is 1.55 bits per heavy atom. The molecule has 0 saturated carbocycles. The minimum atomic E-state index is 0.673. The van der Waals surface area contributed by atoms with Gasteiger partial charge in [-0.2, -0.15) is 9.78 Å². The van der Waals surface area contributed by atoms with Crippen molar-refractivity contribution in [3.8, 4) is 0 Å². The summed E-state index contributed by atoms with van der Waals surface area (Å²) in [5.74, 6) is 1.57. The fraction of sp³-hybridized carbons (Fsp3) is 0.500. The smallest absolute Gasteiger partial charge is 0.245 e. The largest absolute Gasteiger partial charge is 0.356 e. The standard InChI is InChI=1S/C6H8N5/c1-7-6-10-9-5-3-2-4-8-11(5)6/h2-3H2,1H3,(H,7,10). The maximum absolute atomic E-state index is 4.00. The summed E-state index contributed by atoms with van der Waals surface area (Å²) in [5.41, 5.74) is 0. The number of fused-ring (bicyclic) bond motifs is 1. The summed E-state index contributed by atoms with van der Waals surface area (Å²) in [6.07, 6.45) is 4.58. The molecule has 2 heterocycles. The molecule has 1 N–H and O–H groups in total. The Labute approximate surface area is 64.1 Å². The highest BCUT2D eigenvalue weighted by Gasteiger charge is 2.11. The van der Waals surface area contributed by atoms with E-state index in [2.05, 4.69) is 26.8 Å². The molecule has 1 aromatic heterocycles. The van der Waals surface area contributed by atoms with Crippen LogP contribution in [0.15, 0.2) is 5.10 Å². The SMILES string of the molecule is CNc1nnc2n1N=[C]CC2. The van der Waals surface area contributed by atoms with Crippen molar-refractivity contribution in [2.45, 2.75) is 12.8 Å². The number of nitrogens with zero attached hydrogens (tertiary/aromatic N) is 4. The molecule has 1 aliphatic rings. The van der Waals surface area contributed by atoms with Gasteiger partial charge >= 0.3 is 0 Å². The van der Waals surface area contributed by atoms with Crippen molar-refractivity contribution in [2.24, 2.45) is 5.10 Å². The predicted molar refractivity (Wildman–Crippen MR) is 40.7 cm³/mol. The molecular weight excluding hydrogens is 142 g/mol. The zero-order chi connectivity index (χ0) is 7.68. The maximum atomic E-state index is 4.00. The van der Waals surface area contributed by atoms with E-state index in [4.69, 9.17) is 0 Å². The van der Waals surface area contributed by atoms with Gasteiger partial charge in [-0.05, 0) is 0 Å². The van der Waals surface area contributed by atoms with E-state index >= 15 is 0 Å². The highest BCUT2D eigenvalue weighted by Crippen LogP contribution is 2.10. The molecule has 11 heavy (non-hydrogen) atoms. The second-order valence-electron chi connectivity index (χ2n) is 2.26. The fourth-order valence-electron chi connectivity index (χ4n) is 1.02. The van der Waals surface area contributed by atoms with Crippen LogP contribution >= 0.6 is 0 Å². The number of nitrogens with one attached hydrogen (secondary N) is 1. The lowest BCUT2D eigenvalue weighted by Gasteiger charge is -2.05. The van der Waals surface area contributed by atoms with Crippen LogP contribution in [0.2, 0.25) is 0 Å². The van der Waals surface area contributed by atoms with Crippen LogP contribution in [0.5, 0.6) is 0 Å². The molecule has 5 nitrogen and oxygen atoms in total. The van der Waals surface area contributed by atoms with Gasteiger partial charge in [-0.25, -0.2) is 0 Å². The molecule has 0 amide bonds. The zero-order valence-electron chi connectivity index (χ0n) is 6.20. The van der Waals surface area contributed by atoms with Gasteiger partial charge in [-0.3, -0.25) is 0 Å². The molecule has 57 valence electrons. The second kappa shape index (κ2) is 2.34. The van der Waals surface area contributed by atoms with Crippen LogP contribution in [0.25, 0.3) is 0 Å². The van der Waals surface area contributed by atoms with Crippen LogP contribution < -0.4 is 5.32 Å². The number of hydrogen-bond acceptors (Lipinski definition) is 4. The van der Waals surface area contributed by atoms with Crippen LogP contribution in [-0.4, -0.2) is 28.1 Å². The van der Waals surface area contributed by atoms with Crippen LogP contribution in [0.1, 0.15) is 12.2 Å². The van der Waals surface area contributed by atoms with E-state index in [0.717, 1.165) is 18.7 Å². The first kappa shape index (κ1) is 6.33. The van der Waals surface area contributed by atoms with Crippen molar-refractivity contribution in [1.82, 2.24) is 14.9 Å². The van der Waals surface area contributed by atoms with E-state index in [1.54, 1.807) is 11.7 Å². The van der Waals surface area contributed by atoms with E-state index in [0.29, 0.717) is 5.95 Å². The summed E-state index contributed by atoms with van der Waals surface area (Å²) < 4.78 is 1.67. The first-order valence-corrected chi connectivity index (χ1v) is 3.48. The first-order chi connectivity index (χ1) is 5.42. The van der Waals surface area contributed by atoms with Gasteiger partial charge in [0.1, 0.15) is 0 Å². The third kappa shape index (κ3) is 0.886. The Morgan fingerprint density at radius 2 is 2.45 bits per heavy atom. The fourth-order valence-corrected chi connectivity index (χ4v) is 1.02. The van der Waals surface area contributed by atoms with Gasteiger partial charge < -0.3 is 5.32 Å². The molecule has 1 aromatic rings. The number of rotatable bonds is 1. The van der Waals surface area contributed by atoms with Gasteiger partial charge in [0.2, 0.25) is 5.95 Å². The second-order valence-corrected chi connectivity index (χ2v) is 2.26. The molecule has 0 fully saturated rings. The Balaban J connectivity index is 2.48. The lowest BCUT2D eigenvalue weighted by atomic mass is 10.3. The van der Waals surface area contributed by atoms with Gasteiger partial charge in [0.25, 0.3) is 0 Å². The van der Waals surface area contributed by atoms with Crippen LogP contribution in [-0.2, 0) is 6.42 Å². The highest BCUT2D eigenvalue weighted by molar-refractivity contribution is 5.59. The van der Waals surface area contributed by atoms with Crippen molar-refractivity contribution < 1.29 is 0 Å². The number of aromatic nitrogens is 3. The third-order valence-corrected chi connectivity index (χ3v) is 1.56. The van der Waals surface area contributed by atoms with Crippen LogP contribution in [0.3, 0.4) is 0 Å². The topological polar surface area (TPSA) is 55.1 Å². The van der Waals surface area contributed by atoms with Crippen molar-refractivity contribution in [1.29, 1.82) is 0 Å². The van der Waals surface area contributed by atoms with Gasteiger partial charge in [0, 0.05) is 19.9 Å². The molecule has 1 aliphatic heterocycles. The quantitative estimate of drug-likeness (QED) is 0.612. The Hall–Kier alpha value is -1.39. The molecular formula is C6H8N5. The van der Waals surface area contributed by atoms with Crippen LogP contribution in [0, 0.1) is 0 Å². The molecule has 0 bridgehead atoms. The molecule has 5 heteroatoms. The minimum absolute atomic E-state index is 0.673. The Kier molecular flexibility index (Phi) is 1.34. The van der Waals surface area contributed by atoms with E-state index < -0.39 is 0 Å². The first-order valence-electron chi connectivity index (χ1n) is 3.48. The lowest BCUT2D eigenvalue weighted by Crippen LogP contribution is -2.07. The van der Waals surface area contributed by atoms with Gasteiger partial charge in [0.05, 0.1) is 6.21 Å². The van der Waals surface area contributed by atoms with Gasteiger partial charge in [0.15, 0.2) is 5.82 Å². The summed E-state index contributed by atoms with van der Waals surface area (Å²) in [7, 11) is 1.79. The number of anilines is 1. The van der Waals surface area contributed by atoms with E-state index in [9.17, 15) is 0 Å². The zero-order valence-corrected chi connectivity index (χ0v) is 6.20. The monoisotopic (exact) mass is 150 g/mol. The summed E-state index contributed by atoms with van der Waals surface area (Å²) in [5, 5.41) is 14.7. The van der Waals surface area contributed by atoms with Crippen molar-refractivity contribution in [3.63, 3.8) is 0 Å². The Morgan fingerprint density at radius 3 is 3.27 bits per heavy atom. The van der Waals surface area contributed by atoms with Crippen molar-refractivity contribution in [2.75, 3.05) is 12.4 Å². The third-order valence-electron chi connectivity index (χ3n) is 1.56. The summed E-state index contributed by atoms with van der Waals surface area (Å²) in [4.78, 5) is 0. The molecule has 0 aliphatic carbocycles. The average Bonchev–Trinajstić information content (AvgIpc) is 2.47. The molecule has 0 spiro atoms. The van der Waals surface area contributed by atoms with Gasteiger partial charge in [-0.15, -0.1) is 10.2 Å². The lowest BCUT2D eigenvalue weighted by molar-refractivity contribution is 0.745. The number of aryl methyl sites for hydroxylation is 1. The molecule has 0 saturated heterocycles. The Bertz CT molecular complexity index is 287. The maximum Gasteiger partial charge on any atom is 0.245 e. The minimum Gasteiger partial charge on any atom is -0.356 e. The van der Waals surface area contributed by atoms with E-state index in [-0.39, 0.29) is 0 Å². The normalized spacial score (nSPS) is 14.6. The van der Waals surface area contributed by atoms with Crippen molar-refractivity contribution >= 4 is 12.2 Å². The summed E-state index contributed by atoms with van der Waals surface area (Å²) in [6.45, 7) is 0. The molecule has 0 atom stereocenters. The average molecular weight is 150 g/mol. The summed E-state index contributed by atoms with van der Waals surface area (Å²) >= 11 is 0. The molecule has 1 radical (unpaired) electrons. The molecule has 0 unspecified atom stereocenters. The summed E-state index contributed by atoms with van der Waals surface area (Å²) in [6, 6.07) is 0. The van der Waals surface area contributed by atoms with Gasteiger partial charge in [-0.1, -0.05) is 0 Å².